The lowest BCUT2D eigenvalue weighted by Gasteiger charge is -2.13. The van der Waals surface area contributed by atoms with Crippen molar-refractivity contribution >= 4 is 7.14 Å². The van der Waals surface area contributed by atoms with Gasteiger partial charge in [-0.3, -0.25) is 0 Å². The maximum absolute atomic E-state index is 13.8. The molecule has 1 aromatic rings. The predicted molar refractivity (Wildman–Crippen MR) is 68.1 cm³/mol. The first-order valence-electron chi connectivity index (χ1n) is 6.37. The average Bonchev–Trinajstić information content (AvgIpc) is 2.93. The van der Waals surface area contributed by atoms with E-state index in [4.69, 9.17) is 4.52 Å². The zero-order chi connectivity index (χ0) is 13.3. The zero-order valence-electron chi connectivity index (χ0n) is 11.1. The molecule has 1 aliphatic rings. The fraction of sp³-hybridized carbons (Fsp3) is 0.833. The molecule has 0 aliphatic heterocycles. The van der Waals surface area contributed by atoms with Crippen LogP contribution in [0, 0.1) is 5.92 Å². The molecular weight excluding hydrogens is 254 g/mol. The summed E-state index contributed by atoms with van der Waals surface area (Å²) in [5.74, 6) is 1.02. The molecule has 0 aromatic carbocycles. The van der Waals surface area contributed by atoms with Crippen LogP contribution in [-0.4, -0.2) is 29.1 Å². The minimum absolute atomic E-state index is 0.00977. The monoisotopic (exact) mass is 274 g/mol. The number of hydrogen-bond donors (Lipinski definition) is 0. The Morgan fingerprint density at radius 3 is 2.72 bits per heavy atom. The molecule has 4 nitrogen and oxygen atoms in total. The van der Waals surface area contributed by atoms with Crippen LogP contribution in [0.3, 0.4) is 0 Å². The summed E-state index contributed by atoms with van der Waals surface area (Å²) >= 11 is 0. The lowest BCUT2D eigenvalue weighted by Crippen LogP contribution is -2.07. The highest BCUT2D eigenvalue weighted by molar-refractivity contribution is 7.63. The summed E-state index contributed by atoms with van der Waals surface area (Å²) < 4.78 is 30.6. The van der Waals surface area contributed by atoms with Crippen LogP contribution in [0.25, 0.3) is 0 Å². The Hall–Kier alpha value is -0.700. The van der Waals surface area contributed by atoms with E-state index < -0.39 is 13.3 Å². The highest BCUT2D eigenvalue weighted by Gasteiger charge is 2.29. The van der Waals surface area contributed by atoms with Gasteiger partial charge in [0.25, 0.3) is 5.89 Å². The van der Waals surface area contributed by atoms with E-state index in [2.05, 4.69) is 10.1 Å². The van der Waals surface area contributed by atoms with Gasteiger partial charge in [0, 0.05) is 12.1 Å². The molecule has 0 radical (unpaired) electrons. The van der Waals surface area contributed by atoms with Crippen molar-refractivity contribution in [1.82, 2.24) is 10.1 Å². The van der Waals surface area contributed by atoms with Crippen molar-refractivity contribution < 1.29 is 13.5 Å². The molecule has 0 N–H and O–H groups in total. The molecule has 1 heterocycles. The minimum atomic E-state index is -2.16. The van der Waals surface area contributed by atoms with Crippen molar-refractivity contribution in [3.05, 3.63) is 11.7 Å². The third-order valence-corrected chi connectivity index (χ3v) is 5.83. The van der Waals surface area contributed by atoms with Gasteiger partial charge in [0.2, 0.25) is 0 Å². The largest absolute Gasteiger partial charge is 0.336 e. The molecule has 2 rings (SSSR count). The van der Waals surface area contributed by atoms with Gasteiger partial charge in [0.15, 0.2) is 12.0 Å². The number of halogens is 1. The molecule has 1 aromatic heterocycles. The summed E-state index contributed by atoms with van der Waals surface area (Å²) in [4.78, 5) is 4.07. The number of hydrogen-bond acceptors (Lipinski definition) is 4. The normalized spacial score (nSPS) is 19.8. The molecule has 6 heteroatoms. The smallest absolute Gasteiger partial charge is 0.261 e. The fourth-order valence-corrected chi connectivity index (χ4v) is 2.31. The molecule has 2 unspecified atom stereocenters. The third kappa shape index (κ3) is 3.64. The second kappa shape index (κ2) is 5.12. The molecule has 1 saturated carbocycles. The quantitative estimate of drug-likeness (QED) is 0.746. The molecule has 0 bridgehead atoms. The van der Waals surface area contributed by atoms with Gasteiger partial charge in [-0.15, -0.1) is 0 Å². The summed E-state index contributed by atoms with van der Waals surface area (Å²) in [5.41, 5.74) is -0.00977. The fourth-order valence-electron chi connectivity index (χ4n) is 1.71. The van der Waals surface area contributed by atoms with Crippen LogP contribution in [0.2, 0.25) is 0 Å². The SMILES string of the molecule is CC(Cc1noc(C(F)CC2CC2)n1)P(C)(C)=O. The van der Waals surface area contributed by atoms with Gasteiger partial charge < -0.3 is 9.09 Å². The Morgan fingerprint density at radius 2 is 2.17 bits per heavy atom. The highest BCUT2D eigenvalue weighted by Crippen LogP contribution is 2.43. The van der Waals surface area contributed by atoms with Gasteiger partial charge in [-0.1, -0.05) is 24.9 Å². The van der Waals surface area contributed by atoms with Crippen LogP contribution in [0.1, 0.15) is 44.1 Å². The van der Waals surface area contributed by atoms with Gasteiger partial charge in [-0.05, 0) is 25.7 Å². The molecule has 102 valence electrons. The third-order valence-electron chi connectivity index (χ3n) is 3.53. The zero-order valence-corrected chi connectivity index (χ0v) is 12.0. The Balaban J connectivity index is 1.94. The van der Waals surface area contributed by atoms with Crippen molar-refractivity contribution in [3.63, 3.8) is 0 Å². The van der Waals surface area contributed by atoms with Gasteiger partial charge >= 0.3 is 0 Å². The van der Waals surface area contributed by atoms with Crippen molar-refractivity contribution in [2.24, 2.45) is 5.92 Å². The standard InChI is InChI=1S/C12H20FN2O2P/c1-8(18(2,3)16)6-11-14-12(17-15-11)10(13)7-9-4-5-9/h8-10H,4-7H2,1-3H3. The molecular formula is C12H20FN2O2P. The molecule has 1 fully saturated rings. The predicted octanol–water partition coefficient (Wildman–Crippen LogP) is 3.43. The van der Waals surface area contributed by atoms with E-state index in [1.807, 2.05) is 6.92 Å². The summed E-state index contributed by atoms with van der Waals surface area (Å²) in [5, 5.41) is 3.77. The Bertz CT molecular complexity index is 453. The van der Waals surface area contributed by atoms with Crippen molar-refractivity contribution in [3.8, 4) is 0 Å². The van der Waals surface area contributed by atoms with E-state index in [1.54, 1.807) is 13.3 Å². The first-order chi connectivity index (χ1) is 8.36. The number of nitrogens with zero attached hydrogens (tertiary/aromatic N) is 2. The molecule has 1 aliphatic carbocycles. The second-order valence-corrected chi connectivity index (χ2v) is 9.43. The molecule has 2 atom stereocenters. The Morgan fingerprint density at radius 1 is 1.50 bits per heavy atom. The summed E-state index contributed by atoms with van der Waals surface area (Å²) in [6.45, 7) is 5.38. The van der Waals surface area contributed by atoms with Crippen molar-refractivity contribution in [2.45, 2.75) is 44.4 Å². The molecule has 0 amide bonds. The van der Waals surface area contributed by atoms with E-state index in [-0.39, 0.29) is 11.5 Å². The van der Waals surface area contributed by atoms with E-state index in [0.717, 1.165) is 12.8 Å². The topological polar surface area (TPSA) is 56.0 Å². The van der Waals surface area contributed by atoms with Crippen LogP contribution >= 0.6 is 7.14 Å². The van der Waals surface area contributed by atoms with E-state index in [0.29, 0.717) is 24.6 Å². The van der Waals surface area contributed by atoms with Crippen molar-refractivity contribution in [1.29, 1.82) is 0 Å². The Labute approximate surface area is 107 Å². The minimum Gasteiger partial charge on any atom is -0.336 e. The van der Waals surface area contributed by atoms with Crippen LogP contribution in [0.15, 0.2) is 4.52 Å². The van der Waals surface area contributed by atoms with Gasteiger partial charge in [0.05, 0.1) is 7.14 Å². The van der Waals surface area contributed by atoms with Gasteiger partial charge in [0.1, 0.15) is 0 Å². The maximum Gasteiger partial charge on any atom is 0.261 e. The second-order valence-electron chi connectivity index (χ2n) is 5.68. The van der Waals surface area contributed by atoms with E-state index in [9.17, 15) is 8.96 Å². The lowest BCUT2D eigenvalue weighted by molar-refractivity contribution is 0.228. The average molecular weight is 274 g/mol. The summed E-state index contributed by atoms with van der Waals surface area (Å²) in [7, 11) is -2.16. The van der Waals surface area contributed by atoms with Crippen molar-refractivity contribution in [2.75, 3.05) is 13.3 Å². The van der Waals surface area contributed by atoms with Gasteiger partial charge in [-0.2, -0.15) is 4.98 Å². The molecule has 18 heavy (non-hydrogen) atoms. The van der Waals surface area contributed by atoms with Crippen LogP contribution < -0.4 is 0 Å². The van der Waals surface area contributed by atoms with E-state index >= 15 is 0 Å². The first-order valence-corrected chi connectivity index (χ1v) is 9.04. The molecule has 0 saturated heterocycles. The van der Waals surface area contributed by atoms with E-state index in [1.165, 1.54) is 0 Å². The number of aromatic nitrogens is 2. The first kappa shape index (κ1) is 13.7. The molecule has 0 spiro atoms. The maximum atomic E-state index is 13.8. The van der Waals surface area contributed by atoms with Crippen LogP contribution in [0.5, 0.6) is 0 Å². The summed E-state index contributed by atoms with van der Waals surface area (Å²) in [6.07, 6.45) is 2.02. The number of rotatable bonds is 6. The van der Waals surface area contributed by atoms with Crippen LogP contribution in [0.4, 0.5) is 4.39 Å². The number of alkyl halides is 1. The van der Waals surface area contributed by atoms with Gasteiger partial charge in [-0.25, -0.2) is 4.39 Å². The Kier molecular flexibility index (Phi) is 3.90. The lowest BCUT2D eigenvalue weighted by atomic mass is 10.2. The van der Waals surface area contributed by atoms with Crippen LogP contribution in [-0.2, 0) is 11.0 Å². The highest BCUT2D eigenvalue weighted by atomic mass is 31.2. The summed E-state index contributed by atoms with van der Waals surface area (Å²) in [6, 6.07) is 0.